The van der Waals surface area contributed by atoms with E-state index < -0.39 is 0 Å². The van der Waals surface area contributed by atoms with Gasteiger partial charge in [0.1, 0.15) is 5.75 Å². The molecule has 0 aliphatic carbocycles. The van der Waals surface area contributed by atoms with Crippen molar-refractivity contribution >= 4 is 0 Å². The van der Waals surface area contributed by atoms with Crippen LogP contribution in [-0.2, 0) is 11.2 Å². The second-order valence-electron chi connectivity index (χ2n) is 5.52. The standard InChI is InChI=1S/C16H25NO2/c1-13(2)19-16-6-4-5-15(12-16)11-14(3)17-7-9-18-10-8-17/h4-6,12-14H,7-11H2,1-3H3. The Bertz CT molecular complexity index is 386. The maximum atomic E-state index is 5.75. The van der Waals surface area contributed by atoms with Crippen LogP contribution >= 0.6 is 0 Å². The first-order chi connectivity index (χ1) is 9.15. The van der Waals surface area contributed by atoms with E-state index in [1.165, 1.54) is 5.56 Å². The van der Waals surface area contributed by atoms with Crippen molar-refractivity contribution in [2.24, 2.45) is 0 Å². The van der Waals surface area contributed by atoms with Gasteiger partial charge < -0.3 is 9.47 Å². The van der Waals surface area contributed by atoms with E-state index in [-0.39, 0.29) is 6.10 Å². The summed E-state index contributed by atoms with van der Waals surface area (Å²) in [6.07, 6.45) is 1.29. The minimum atomic E-state index is 0.229. The fourth-order valence-electron chi connectivity index (χ4n) is 2.51. The molecule has 1 aromatic carbocycles. The average molecular weight is 263 g/mol. The summed E-state index contributed by atoms with van der Waals surface area (Å²) >= 11 is 0. The van der Waals surface area contributed by atoms with Gasteiger partial charge in [-0.2, -0.15) is 0 Å². The van der Waals surface area contributed by atoms with Crippen molar-refractivity contribution in [3.8, 4) is 5.75 Å². The van der Waals surface area contributed by atoms with Crippen LogP contribution in [0.25, 0.3) is 0 Å². The molecule has 19 heavy (non-hydrogen) atoms. The monoisotopic (exact) mass is 263 g/mol. The number of ether oxygens (including phenoxy) is 2. The summed E-state index contributed by atoms with van der Waals surface area (Å²) in [7, 11) is 0. The largest absolute Gasteiger partial charge is 0.491 e. The maximum absolute atomic E-state index is 5.75. The molecule has 1 unspecified atom stereocenters. The molecule has 1 saturated heterocycles. The fraction of sp³-hybridized carbons (Fsp3) is 0.625. The molecule has 0 saturated carbocycles. The molecule has 3 nitrogen and oxygen atoms in total. The van der Waals surface area contributed by atoms with Crippen molar-refractivity contribution in [3.05, 3.63) is 29.8 Å². The van der Waals surface area contributed by atoms with Crippen molar-refractivity contribution in [2.75, 3.05) is 26.3 Å². The lowest BCUT2D eigenvalue weighted by molar-refractivity contribution is 0.0203. The van der Waals surface area contributed by atoms with Crippen LogP contribution in [0.5, 0.6) is 5.75 Å². The highest BCUT2D eigenvalue weighted by Gasteiger charge is 2.17. The van der Waals surface area contributed by atoms with E-state index >= 15 is 0 Å². The van der Waals surface area contributed by atoms with Crippen molar-refractivity contribution in [1.82, 2.24) is 4.90 Å². The van der Waals surface area contributed by atoms with Crippen molar-refractivity contribution < 1.29 is 9.47 Å². The third kappa shape index (κ3) is 4.51. The smallest absolute Gasteiger partial charge is 0.119 e. The zero-order valence-electron chi connectivity index (χ0n) is 12.3. The number of nitrogens with zero attached hydrogens (tertiary/aromatic N) is 1. The highest BCUT2D eigenvalue weighted by molar-refractivity contribution is 5.29. The molecular formula is C16H25NO2. The van der Waals surface area contributed by atoms with Gasteiger partial charge in [-0.05, 0) is 44.9 Å². The summed E-state index contributed by atoms with van der Waals surface area (Å²) in [6, 6.07) is 9.02. The highest BCUT2D eigenvalue weighted by atomic mass is 16.5. The first-order valence-corrected chi connectivity index (χ1v) is 7.22. The molecule has 106 valence electrons. The van der Waals surface area contributed by atoms with Gasteiger partial charge in [0.05, 0.1) is 19.3 Å². The lowest BCUT2D eigenvalue weighted by atomic mass is 10.1. The normalized spacial score (nSPS) is 18.5. The van der Waals surface area contributed by atoms with Gasteiger partial charge in [-0.3, -0.25) is 4.90 Å². The third-order valence-corrected chi connectivity index (χ3v) is 3.47. The van der Waals surface area contributed by atoms with Gasteiger partial charge in [0.25, 0.3) is 0 Å². The first kappa shape index (κ1) is 14.4. The van der Waals surface area contributed by atoms with E-state index in [9.17, 15) is 0 Å². The fourth-order valence-corrected chi connectivity index (χ4v) is 2.51. The minimum absolute atomic E-state index is 0.229. The van der Waals surface area contributed by atoms with Gasteiger partial charge in [0.2, 0.25) is 0 Å². The zero-order valence-corrected chi connectivity index (χ0v) is 12.3. The predicted molar refractivity (Wildman–Crippen MR) is 77.8 cm³/mol. The molecule has 0 radical (unpaired) electrons. The summed E-state index contributed by atoms with van der Waals surface area (Å²) < 4.78 is 11.1. The Morgan fingerprint density at radius 2 is 1.95 bits per heavy atom. The van der Waals surface area contributed by atoms with Gasteiger partial charge in [-0.1, -0.05) is 12.1 Å². The van der Waals surface area contributed by atoms with Crippen LogP contribution in [0.1, 0.15) is 26.3 Å². The Balaban J connectivity index is 1.93. The molecular weight excluding hydrogens is 238 g/mol. The van der Waals surface area contributed by atoms with Crippen molar-refractivity contribution in [3.63, 3.8) is 0 Å². The predicted octanol–water partition coefficient (Wildman–Crippen LogP) is 2.74. The lowest BCUT2D eigenvalue weighted by Gasteiger charge is -2.32. The quantitative estimate of drug-likeness (QED) is 0.815. The maximum Gasteiger partial charge on any atom is 0.119 e. The molecule has 0 N–H and O–H groups in total. The Morgan fingerprint density at radius 1 is 1.21 bits per heavy atom. The third-order valence-electron chi connectivity index (χ3n) is 3.47. The summed E-state index contributed by atoms with van der Waals surface area (Å²) in [4.78, 5) is 2.50. The Morgan fingerprint density at radius 3 is 2.63 bits per heavy atom. The SMILES string of the molecule is CC(C)Oc1cccc(CC(C)N2CCOCC2)c1. The minimum Gasteiger partial charge on any atom is -0.491 e. The molecule has 1 atom stereocenters. The molecule has 1 aliphatic rings. The zero-order chi connectivity index (χ0) is 13.7. The molecule has 0 bridgehead atoms. The van der Waals surface area contributed by atoms with Crippen molar-refractivity contribution in [2.45, 2.75) is 39.3 Å². The second-order valence-corrected chi connectivity index (χ2v) is 5.52. The Kier molecular flexibility index (Phi) is 5.23. The number of hydrogen-bond acceptors (Lipinski definition) is 3. The summed E-state index contributed by atoms with van der Waals surface area (Å²) in [5, 5.41) is 0. The van der Waals surface area contributed by atoms with Gasteiger partial charge in [0.15, 0.2) is 0 Å². The number of hydrogen-bond donors (Lipinski definition) is 0. The molecule has 0 amide bonds. The van der Waals surface area contributed by atoms with Crippen LogP contribution in [0, 0.1) is 0 Å². The van der Waals surface area contributed by atoms with Crippen molar-refractivity contribution in [1.29, 1.82) is 0 Å². The van der Waals surface area contributed by atoms with E-state index in [2.05, 4.69) is 43.9 Å². The number of rotatable bonds is 5. The summed E-state index contributed by atoms with van der Waals surface area (Å²) in [5.74, 6) is 0.974. The summed E-state index contributed by atoms with van der Waals surface area (Å²) in [6.45, 7) is 10.2. The molecule has 0 spiro atoms. The van der Waals surface area contributed by atoms with E-state index in [0.29, 0.717) is 6.04 Å². The topological polar surface area (TPSA) is 21.7 Å². The molecule has 1 heterocycles. The molecule has 1 fully saturated rings. The van der Waals surface area contributed by atoms with Gasteiger partial charge in [-0.15, -0.1) is 0 Å². The first-order valence-electron chi connectivity index (χ1n) is 7.22. The van der Waals surface area contributed by atoms with Gasteiger partial charge in [0, 0.05) is 19.1 Å². The van der Waals surface area contributed by atoms with Crippen LogP contribution in [0.4, 0.5) is 0 Å². The highest BCUT2D eigenvalue weighted by Crippen LogP contribution is 2.18. The Hall–Kier alpha value is -1.06. The molecule has 0 aromatic heterocycles. The molecule has 1 aromatic rings. The van der Waals surface area contributed by atoms with Gasteiger partial charge >= 0.3 is 0 Å². The number of benzene rings is 1. The van der Waals surface area contributed by atoms with Crippen LogP contribution < -0.4 is 4.74 Å². The van der Waals surface area contributed by atoms with E-state index in [1.807, 2.05) is 6.07 Å². The van der Waals surface area contributed by atoms with E-state index in [1.54, 1.807) is 0 Å². The molecule has 1 aliphatic heterocycles. The Labute approximate surface area is 116 Å². The summed E-state index contributed by atoms with van der Waals surface area (Å²) in [5.41, 5.74) is 1.34. The van der Waals surface area contributed by atoms with Crippen LogP contribution in [0.3, 0.4) is 0 Å². The lowest BCUT2D eigenvalue weighted by Crippen LogP contribution is -2.43. The second kappa shape index (κ2) is 6.92. The van der Waals surface area contributed by atoms with Gasteiger partial charge in [-0.25, -0.2) is 0 Å². The molecule has 3 heteroatoms. The average Bonchev–Trinajstić information content (AvgIpc) is 2.39. The van der Waals surface area contributed by atoms with Crippen LogP contribution in [-0.4, -0.2) is 43.3 Å². The van der Waals surface area contributed by atoms with Crippen LogP contribution in [0.2, 0.25) is 0 Å². The number of morpholine rings is 1. The van der Waals surface area contributed by atoms with E-state index in [0.717, 1.165) is 38.5 Å². The molecule has 2 rings (SSSR count). The van der Waals surface area contributed by atoms with E-state index in [4.69, 9.17) is 9.47 Å². The van der Waals surface area contributed by atoms with Crippen LogP contribution in [0.15, 0.2) is 24.3 Å².